The summed E-state index contributed by atoms with van der Waals surface area (Å²) in [6.45, 7) is 5.73. The molecule has 2 aliphatic rings. The second-order valence-corrected chi connectivity index (χ2v) is 6.58. The van der Waals surface area contributed by atoms with Crippen LogP contribution in [0.4, 0.5) is 5.82 Å². The Kier molecular flexibility index (Phi) is 4.42. The molecule has 0 aliphatic carbocycles. The monoisotopic (exact) mass is 355 g/mol. The van der Waals surface area contributed by atoms with Gasteiger partial charge in [-0.3, -0.25) is 9.59 Å². The number of rotatable bonds is 2. The molecular formula is C18H21N5O3. The van der Waals surface area contributed by atoms with Crippen LogP contribution in [0.2, 0.25) is 0 Å². The summed E-state index contributed by atoms with van der Waals surface area (Å²) in [4.78, 5) is 40.3. The van der Waals surface area contributed by atoms with Crippen LogP contribution < -0.4 is 10.5 Å². The summed E-state index contributed by atoms with van der Waals surface area (Å²) in [5, 5.41) is 0. The zero-order valence-electron chi connectivity index (χ0n) is 14.7. The van der Waals surface area contributed by atoms with E-state index in [0.29, 0.717) is 32.7 Å². The number of amides is 1. The standard InChI is InChI=1S/C18H21N5O3/c1-12-2-3-14(17(24)21-12)18(25)23-5-4-13-15(10-23)19-11-20-16(13)22-6-8-26-9-7-22/h2-3,11H,4-10H2,1H3,(H,21,24). The third kappa shape index (κ3) is 3.08. The highest BCUT2D eigenvalue weighted by atomic mass is 16.5. The topological polar surface area (TPSA) is 91.4 Å². The number of aromatic nitrogens is 3. The van der Waals surface area contributed by atoms with Crippen LogP contribution >= 0.6 is 0 Å². The summed E-state index contributed by atoms with van der Waals surface area (Å²) in [5.41, 5.74) is 2.50. The second-order valence-electron chi connectivity index (χ2n) is 6.58. The van der Waals surface area contributed by atoms with Crippen molar-refractivity contribution in [3.05, 3.63) is 51.3 Å². The Balaban J connectivity index is 1.58. The van der Waals surface area contributed by atoms with E-state index >= 15 is 0 Å². The van der Waals surface area contributed by atoms with Gasteiger partial charge in [0.05, 0.1) is 25.5 Å². The molecule has 8 heteroatoms. The van der Waals surface area contributed by atoms with Crippen LogP contribution in [0.1, 0.15) is 27.3 Å². The first kappa shape index (κ1) is 16.7. The highest BCUT2D eigenvalue weighted by Gasteiger charge is 2.28. The molecular weight excluding hydrogens is 334 g/mol. The molecule has 2 aromatic rings. The second kappa shape index (κ2) is 6.87. The lowest BCUT2D eigenvalue weighted by Gasteiger charge is -2.33. The minimum Gasteiger partial charge on any atom is -0.378 e. The number of aromatic amines is 1. The van der Waals surface area contributed by atoms with E-state index < -0.39 is 0 Å². The van der Waals surface area contributed by atoms with Crippen molar-refractivity contribution in [3.8, 4) is 0 Å². The first-order chi connectivity index (χ1) is 12.6. The maximum Gasteiger partial charge on any atom is 0.260 e. The summed E-state index contributed by atoms with van der Waals surface area (Å²) in [6.07, 6.45) is 2.23. The van der Waals surface area contributed by atoms with Crippen molar-refractivity contribution >= 4 is 11.7 Å². The SMILES string of the molecule is Cc1ccc(C(=O)N2CCc3c(ncnc3N3CCOCC3)C2)c(=O)[nH]1. The average molecular weight is 355 g/mol. The number of carbonyl (C=O) groups is 1. The van der Waals surface area contributed by atoms with Gasteiger partial charge in [0.2, 0.25) is 0 Å². The normalized spacial score (nSPS) is 17.1. The van der Waals surface area contributed by atoms with Crippen molar-refractivity contribution in [2.45, 2.75) is 19.9 Å². The van der Waals surface area contributed by atoms with Crippen LogP contribution in [0.25, 0.3) is 0 Å². The number of pyridine rings is 1. The smallest absolute Gasteiger partial charge is 0.260 e. The van der Waals surface area contributed by atoms with Gasteiger partial charge in [-0.05, 0) is 25.5 Å². The van der Waals surface area contributed by atoms with Crippen LogP contribution in [-0.4, -0.2) is 58.6 Å². The number of aryl methyl sites for hydroxylation is 1. The number of carbonyl (C=O) groups excluding carboxylic acids is 1. The Morgan fingerprint density at radius 3 is 2.77 bits per heavy atom. The van der Waals surface area contributed by atoms with Crippen molar-refractivity contribution in [2.24, 2.45) is 0 Å². The van der Waals surface area contributed by atoms with Gasteiger partial charge in [-0.15, -0.1) is 0 Å². The molecule has 0 atom stereocenters. The lowest BCUT2D eigenvalue weighted by atomic mass is 10.0. The van der Waals surface area contributed by atoms with Gasteiger partial charge in [0.1, 0.15) is 17.7 Å². The van der Waals surface area contributed by atoms with Crippen LogP contribution in [0.15, 0.2) is 23.3 Å². The maximum absolute atomic E-state index is 12.8. The number of nitrogens with one attached hydrogen (secondary N) is 1. The van der Waals surface area contributed by atoms with Crippen molar-refractivity contribution < 1.29 is 9.53 Å². The van der Waals surface area contributed by atoms with Crippen molar-refractivity contribution in [3.63, 3.8) is 0 Å². The molecule has 0 unspecified atom stereocenters. The molecule has 0 aromatic carbocycles. The average Bonchev–Trinajstić information content (AvgIpc) is 2.67. The fraction of sp³-hybridized carbons (Fsp3) is 0.444. The first-order valence-electron chi connectivity index (χ1n) is 8.78. The molecule has 1 N–H and O–H groups in total. The van der Waals surface area contributed by atoms with Gasteiger partial charge in [-0.1, -0.05) is 0 Å². The number of nitrogens with zero attached hydrogens (tertiary/aromatic N) is 4. The zero-order chi connectivity index (χ0) is 18.1. The molecule has 2 aromatic heterocycles. The fourth-order valence-electron chi connectivity index (χ4n) is 3.47. The summed E-state index contributed by atoms with van der Waals surface area (Å²) in [6, 6.07) is 3.33. The lowest BCUT2D eigenvalue weighted by molar-refractivity contribution is 0.0729. The van der Waals surface area contributed by atoms with E-state index in [-0.39, 0.29) is 17.0 Å². The van der Waals surface area contributed by atoms with Gasteiger partial charge in [0.15, 0.2) is 0 Å². The van der Waals surface area contributed by atoms with Crippen LogP contribution in [0, 0.1) is 6.92 Å². The summed E-state index contributed by atoms with van der Waals surface area (Å²) in [7, 11) is 0. The van der Waals surface area contributed by atoms with E-state index in [1.807, 2.05) is 0 Å². The number of hydrogen-bond donors (Lipinski definition) is 1. The lowest BCUT2D eigenvalue weighted by Crippen LogP contribution is -2.41. The molecule has 4 heterocycles. The molecule has 1 amide bonds. The number of fused-ring (bicyclic) bond motifs is 1. The minimum atomic E-state index is -0.350. The molecule has 8 nitrogen and oxygen atoms in total. The predicted molar refractivity (Wildman–Crippen MR) is 95.3 cm³/mol. The highest BCUT2D eigenvalue weighted by Crippen LogP contribution is 2.26. The molecule has 136 valence electrons. The minimum absolute atomic E-state index is 0.168. The largest absolute Gasteiger partial charge is 0.378 e. The predicted octanol–water partition coefficient (Wildman–Crippen LogP) is 0.508. The Morgan fingerprint density at radius 1 is 1.19 bits per heavy atom. The van der Waals surface area contributed by atoms with E-state index in [9.17, 15) is 9.59 Å². The van der Waals surface area contributed by atoms with Gasteiger partial charge in [0.25, 0.3) is 11.5 Å². The van der Waals surface area contributed by atoms with Crippen LogP contribution in [0.3, 0.4) is 0 Å². The quantitative estimate of drug-likeness (QED) is 0.844. The number of anilines is 1. The van der Waals surface area contributed by atoms with Gasteiger partial charge in [0, 0.05) is 30.9 Å². The first-order valence-corrected chi connectivity index (χ1v) is 8.78. The Morgan fingerprint density at radius 2 is 2.00 bits per heavy atom. The molecule has 0 saturated carbocycles. The van der Waals surface area contributed by atoms with Crippen molar-refractivity contribution in [1.82, 2.24) is 19.9 Å². The molecule has 1 saturated heterocycles. The van der Waals surface area contributed by atoms with E-state index in [4.69, 9.17) is 4.74 Å². The van der Waals surface area contributed by atoms with E-state index in [0.717, 1.165) is 35.9 Å². The zero-order valence-corrected chi connectivity index (χ0v) is 14.7. The summed E-state index contributed by atoms with van der Waals surface area (Å²) < 4.78 is 5.41. The number of morpholine rings is 1. The Labute approximate surface area is 150 Å². The van der Waals surface area contributed by atoms with Gasteiger partial charge < -0.3 is 19.5 Å². The summed E-state index contributed by atoms with van der Waals surface area (Å²) in [5.74, 6) is 0.682. The van der Waals surface area contributed by atoms with Gasteiger partial charge in [-0.25, -0.2) is 9.97 Å². The summed E-state index contributed by atoms with van der Waals surface area (Å²) >= 11 is 0. The Hall–Kier alpha value is -2.74. The number of hydrogen-bond acceptors (Lipinski definition) is 6. The molecule has 1 fully saturated rings. The van der Waals surface area contributed by atoms with Crippen LogP contribution in [0.5, 0.6) is 0 Å². The van der Waals surface area contributed by atoms with Gasteiger partial charge in [-0.2, -0.15) is 0 Å². The third-order valence-electron chi connectivity index (χ3n) is 4.87. The van der Waals surface area contributed by atoms with Crippen molar-refractivity contribution in [1.29, 1.82) is 0 Å². The van der Waals surface area contributed by atoms with Crippen molar-refractivity contribution in [2.75, 3.05) is 37.7 Å². The molecule has 2 aliphatic heterocycles. The maximum atomic E-state index is 12.8. The molecule has 26 heavy (non-hydrogen) atoms. The molecule has 4 rings (SSSR count). The fourth-order valence-corrected chi connectivity index (χ4v) is 3.47. The number of H-pyrrole nitrogens is 1. The van der Waals surface area contributed by atoms with E-state index in [1.165, 1.54) is 0 Å². The van der Waals surface area contributed by atoms with Crippen LogP contribution in [-0.2, 0) is 17.7 Å². The molecule has 0 bridgehead atoms. The van der Waals surface area contributed by atoms with E-state index in [1.54, 1.807) is 30.3 Å². The highest BCUT2D eigenvalue weighted by molar-refractivity contribution is 5.94. The van der Waals surface area contributed by atoms with Gasteiger partial charge >= 0.3 is 0 Å². The Bertz CT molecular complexity index is 889. The molecule has 0 spiro atoms. The van der Waals surface area contributed by atoms with E-state index in [2.05, 4.69) is 19.9 Å². The third-order valence-corrected chi connectivity index (χ3v) is 4.87. The number of ether oxygens (including phenoxy) is 1. The molecule has 0 radical (unpaired) electrons.